The Kier molecular flexibility index (Phi) is 5.15. The maximum absolute atomic E-state index is 12.9. The van der Waals surface area contributed by atoms with Gasteiger partial charge in [-0.05, 0) is 46.6 Å². The number of piperidine rings is 1. The number of nitrogens with one attached hydrogen (secondary N) is 2. The molecule has 1 amide bonds. The van der Waals surface area contributed by atoms with E-state index in [0.29, 0.717) is 19.3 Å². The van der Waals surface area contributed by atoms with Crippen LogP contribution in [-0.2, 0) is 19.6 Å². The van der Waals surface area contributed by atoms with E-state index in [2.05, 4.69) is 15.1 Å². The quantitative estimate of drug-likeness (QED) is 0.796. The van der Waals surface area contributed by atoms with Gasteiger partial charge in [0, 0.05) is 24.7 Å². The highest BCUT2D eigenvalue weighted by Crippen LogP contribution is 2.31. The molecule has 2 fully saturated rings. The van der Waals surface area contributed by atoms with Crippen molar-refractivity contribution in [3.63, 3.8) is 0 Å². The molecule has 0 saturated carbocycles. The Labute approximate surface area is 154 Å². The molecule has 0 bridgehead atoms. The molecule has 9 heteroatoms. The molecule has 3 atom stereocenters. The van der Waals surface area contributed by atoms with Crippen molar-refractivity contribution in [3.05, 3.63) is 18.0 Å². The molecule has 3 heterocycles. The van der Waals surface area contributed by atoms with Gasteiger partial charge in [0.15, 0.2) is 0 Å². The number of hydrogen-bond acceptors (Lipinski definition) is 5. The van der Waals surface area contributed by atoms with E-state index in [1.165, 1.54) is 0 Å². The van der Waals surface area contributed by atoms with Crippen molar-refractivity contribution in [2.45, 2.75) is 75.9 Å². The summed E-state index contributed by atoms with van der Waals surface area (Å²) in [6.45, 7) is 7.98. The van der Waals surface area contributed by atoms with E-state index in [-0.39, 0.29) is 18.6 Å². The third-order valence-corrected chi connectivity index (χ3v) is 6.86. The van der Waals surface area contributed by atoms with E-state index < -0.39 is 33.0 Å². The van der Waals surface area contributed by atoms with Crippen LogP contribution in [0.2, 0.25) is 0 Å². The van der Waals surface area contributed by atoms with Crippen LogP contribution >= 0.6 is 0 Å². The molecule has 0 spiro atoms. The minimum atomic E-state index is -3.56. The van der Waals surface area contributed by atoms with Crippen LogP contribution in [0, 0.1) is 0 Å². The lowest BCUT2D eigenvalue weighted by Gasteiger charge is -2.34. The molecule has 146 valence electrons. The standard InChI is InChI=1S/C17H28N4O4S/c1-11(2)21-14(7-8-18-21)16-13(5-6-15(22)19-16)20-26(23,24)12-9-17(3,4)25-10-12/h7-8,11-13,16,20H,5-6,9-10H2,1-4H3,(H,19,22)/t12?,13-,16-/m1/s1. The Morgan fingerprint density at radius 3 is 2.77 bits per heavy atom. The number of amides is 1. The number of carbonyl (C=O) groups excluding carboxylic acids is 1. The molecule has 1 aromatic rings. The van der Waals surface area contributed by atoms with E-state index in [9.17, 15) is 13.2 Å². The molecular weight excluding hydrogens is 356 g/mol. The summed E-state index contributed by atoms with van der Waals surface area (Å²) in [6, 6.07) is 1.10. The lowest BCUT2D eigenvalue weighted by Crippen LogP contribution is -2.52. The largest absolute Gasteiger partial charge is 0.374 e. The third-order valence-electron chi connectivity index (χ3n) is 5.04. The molecule has 1 aromatic heterocycles. The van der Waals surface area contributed by atoms with E-state index in [1.54, 1.807) is 6.20 Å². The lowest BCUT2D eigenvalue weighted by atomic mass is 9.96. The highest BCUT2D eigenvalue weighted by Gasteiger charge is 2.42. The number of nitrogens with zero attached hydrogens (tertiary/aromatic N) is 2. The van der Waals surface area contributed by atoms with E-state index >= 15 is 0 Å². The van der Waals surface area contributed by atoms with Crippen LogP contribution in [0.5, 0.6) is 0 Å². The Hall–Kier alpha value is -1.45. The summed E-state index contributed by atoms with van der Waals surface area (Å²) in [5.41, 5.74) is 0.374. The van der Waals surface area contributed by atoms with Crippen LogP contribution in [0.1, 0.15) is 64.7 Å². The van der Waals surface area contributed by atoms with Crippen molar-refractivity contribution in [1.82, 2.24) is 19.8 Å². The fourth-order valence-corrected chi connectivity index (χ4v) is 5.44. The first kappa shape index (κ1) is 19.3. The fraction of sp³-hybridized carbons (Fsp3) is 0.765. The van der Waals surface area contributed by atoms with Crippen molar-refractivity contribution in [2.75, 3.05) is 6.61 Å². The predicted molar refractivity (Wildman–Crippen MR) is 97.0 cm³/mol. The zero-order chi connectivity index (χ0) is 19.1. The van der Waals surface area contributed by atoms with Gasteiger partial charge in [-0.25, -0.2) is 13.1 Å². The fourth-order valence-electron chi connectivity index (χ4n) is 3.70. The zero-order valence-electron chi connectivity index (χ0n) is 15.7. The van der Waals surface area contributed by atoms with Crippen molar-refractivity contribution in [1.29, 1.82) is 0 Å². The lowest BCUT2D eigenvalue weighted by molar-refractivity contribution is -0.123. The van der Waals surface area contributed by atoms with E-state index in [4.69, 9.17) is 4.74 Å². The zero-order valence-corrected chi connectivity index (χ0v) is 16.5. The van der Waals surface area contributed by atoms with Crippen LogP contribution in [-0.4, -0.2) is 47.6 Å². The number of rotatable bonds is 5. The Balaban J connectivity index is 1.83. The third kappa shape index (κ3) is 3.94. The SMILES string of the molecule is CC(C)n1nccc1[C@@H]1NC(=O)CC[C@H]1NS(=O)(=O)C1COC(C)(C)C1. The Morgan fingerprint density at radius 2 is 2.15 bits per heavy atom. The van der Waals surface area contributed by atoms with Gasteiger partial charge in [-0.15, -0.1) is 0 Å². The number of hydrogen-bond donors (Lipinski definition) is 2. The smallest absolute Gasteiger partial charge is 0.220 e. The minimum absolute atomic E-state index is 0.0766. The van der Waals surface area contributed by atoms with Gasteiger partial charge in [-0.2, -0.15) is 5.10 Å². The van der Waals surface area contributed by atoms with Gasteiger partial charge in [0.1, 0.15) is 5.25 Å². The van der Waals surface area contributed by atoms with Crippen molar-refractivity contribution in [3.8, 4) is 0 Å². The number of ether oxygens (including phenoxy) is 1. The second kappa shape index (κ2) is 6.94. The maximum atomic E-state index is 12.9. The Bertz CT molecular complexity index is 771. The highest BCUT2D eigenvalue weighted by molar-refractivity contribution is 7.90. The van der Waals surface area contributed by atoms with Gasteiger partial charge in [-0.1, -0.05) is 0 Å². The van der Waals surface area contributed by atoms with Gasteiger partial charge in [0.2, 0.25) is 15.9 Å². The van der Waals surface area contributed by atoms with Crippen molar-refractivity contribution < 1.29 is 17.9 Å². The molecule has 2 aliphatic heterocycles. The second-order valence-corrected chi connectivity index (χ2v) is 10.0. The molecule has 0 aliphatic carbocycles. The molecule has 2 aliphatic rings. The summed E-state index contributed by atoms with van der Waals surface area (Å²) in [5.74, 6) is -0.0766. The predicted octanol–water partition coefficient (Wildman–Crippen LogP) is 1.27. The van der Waals surface area contributed by atoms with Crippen LogP contribution in [0.3, 0.4) is 0 Å². The second-order valence-electron chi connectivity index (χ2n) is 8.04. The summed E-state index contributed by atoms with van der Waals surface area (Å²) in [4.78, 5) is 12.0. The molecule has 8 nitrogen and oxygen atoms in total. The topological polar surface area (TPSA) is 102 Å². The van der Waals surface area contributed by atoms with Crippen LogP contribution in [0.15, 0.2) is 12.3 Å². The maximum Gasteiger partial charge on any atom is 0.220 e. The molecular formula is C17H28N4O4S. The first-order chi connectivity index (χ1) is 12.1. The molecule has 0 aromatic carbocycles. The Morgan fingerprint density at radius 1 is 1.42 bits per heavy atom. The summed E-state index contributed by atoms with van der Waals surface area (Å²) >= 11 is 0. The average molecular weight is 385 g/mol. The monoisotopic (exact) mass is 384 g/mol. The van der Waals surface area contributed by atoms with Gasteiger partial charge in [0.05, 0.1) is 23.9 Å². The molecule has 1 unspecified atom stereocenters. The minimum Gasteiger partial charge on any atom is -0.374 e. The first-order valence-corrected chi connectivity index (χ1v) is 10.6. The normalized spacial score (nSPS) is 29.1. The summed E-state index contributed by atoms with van der Waals surface area (Å²) < 4.78 is 36.0. The average Bonchev–Trinajstić information content (AvgIpc) is 3.15. The number of carbonyl (C=O) groups is 1. The molecule has 26 heavy (non-hydrogen) atoms. The van der Waals surface area contributed by atoms with Gasteiger partial charge < -0.3 is 10.1 Å². The van der Waals surface area contributed by atoms with Crippen LogP contribution in [0.4, 0.5) is 0 Å². The van der Waals surface area contributed by atoms with Gasteiger partial charge in [0.25, 0.3) is 0 Å². The summed E-state index contributed by atoms with van der Waals surface area (Å²) in [5, 5.41) is 6.67. The summed E-state index contributed by atoms with van der Waals surface area (Å²) in [7, 11) is -3.56. The number of aromatic nitrogens is 2. The summed E-state index contributed by atoms with van der Waals surface area (Å²) in [6.07, 6.45) is 2.88. The molecule has 2 saturated heterocycles. The van der Waals surface area contributed by atoms with Crippen molar-refractivity contribution >= 4 is 15.9 Å². The van der Waals surface area contributed by atoms with Crippen molar-refractivity contribution in [2.24, 2.45) is 0 Å². The first-order valence-electron chi connectivity index (χ1n) is 9.07. The van der Waals surface area contributed by atoms with Gasteiger partial charge >= 0.3 is 0 Å². The van der Waals surface area contributed by atoms with E-state index in [0.717, 1.165) is 5.69 Å². The van der Waals surface area contributed by atoms with Gasteiger partial charge in [-0.3, -0.25) is 9.48 Å². The van der Waals surface area contributed by atoms with Crippen LogP contribution in [0.25, 0.3) is 0 Å². The molecule has 0 radical (unpaired) electrons. The highest BCUT2D eigenvalue weighted by atomic mass is 32.2. The molecule has 3 rings (SSSR count). The van der Waals surface area contributed by atoms with Crippen LogP contribution < -0.4 is 10.0 Å². The number of sulfonamides is 1. The van der Waals surface area contributed by atoms with E-state index in [1.807, 2.05) is 38.4 Å². The molecule has 2 N–H and O–H groups in total.